The van der Waals surface area contributed by atoms with E-state index in [-0.39, 0.29) is 17.2 Å². The van der Waals surface area contributed by atoms with E-state index >= 15 is 0 Å². The van der Waals surface area contributed by atoms with Gasteiger partial charge in [-0.3, -0.25) is 4.79 Å². The second-order valence-electron chi connectivity index (χ2n) is 5.90. The molecular weight excluding hydrogens is 422 g/mol. The Morgan fingerprint density at radius 3 is 2.48 bits per heavy atom. The third kappa shape index (κ3) is 4.82. The number of nitrogens with zero attached hydrogens (tertiary/aromatic N) is 2. The van der Waals surface area contributed by atoms with Crippen LogP contribution in [0.1, 0.15) is 16.1 Å². The molecule has 0 saturated carbocycles. The topological polar surface area (TPSA) is 82.6 Å². The standard InChI is InChI=1S/C20H14F4N3O4/c1-29-14-10-11(21)8-9-13(14)31-19-15(18(28)25-12-6-4-3-5-7-12)16(30-2)17(26-27-19)20(22,23)24/h3-4,6-10H,1-2H3,(H,25,28). The Balaban J connectivity index is 2.13. The minimum absolute atomic E-state index is 0.0790. The van der Waals surface area contributed by atoms with Crippen LogP contribution in [0.5, 0.6) is 23.1 Å². The Labute approximate surface area is 173 Å². The molecule has 1 aromatic heterocycles. The highest BCUT2D eigenvalue weighted by atomic mass is 19.4. The van der Waals surface area contributed by atoms with E-state index in [4.69, 9.17) is 14.2 Å². The number of carbonyl (C=O) groups excluding carboxylic acids is 1. The summed E-state index contributed by atoms with van der Waals surface area (Å²) in [5.74, 6) is -3.33. The Hall–Kier alpha value is -3.89. The number of rotatable bonds is 6. The average Bonchev–Trinajstić information content (AvgIpc) is 2.74. The highest BCUT2D eigenvalue weighted by Gasteiger charge is 2.41. The van der Waals surface area contributed by atoms with E-state index in [9.17, 15) is 22.4 Å². The molecule has 0 aliphatic carbocycles. The maximum absolute atomic E-state index is 13.4. The maximum atomic E-state index is 13.4. The molecule has 1 amide bonds. The molecule has 0 saturated heterocycles. The van der Waals surface area contributed by atoms with Gasteiger partial charge in [-0.25, -0.2) is 4.39 Å². The van der Waals surface area contributed by atoms with Crippen molar-refractivity contribution in [3.63, 3.8) is 0 Å². The number of hydrogen-bond donors (Lipinski definition) is 1. The first-order chi connectivity index (χ1) is 14.7. The number of aromatic nitrogens is 2. The Bertz CT molecular complexity index is 1090. The van der Waals surface area contributed by atoms with Gasteiger partial charge in [0.25, 0.3) is 11.8 Å². The summed E-state index contributed by atoms with van der Waals surface area (Å²) in [6, 6.07) is 12.0. The molecular formula is C20H14F4N3O4. The van der Waals surface area contributed by atoms with Gasteiger partial charge in [0.1, 0.15) is 11.4 Å². The molecule has 3 rings (SSSR count). The van der Waals surface area contributed by atoms with Gasteiger partial charge in [-0.05, 0) is 30.3 Å². The van der Waals surface area contributed by atoms with Crippen molar-refractivity contribution in [3.05, 3.63) is 65.6 Å². The van der Waals surface area contributed by atoms with Crippen molar-refractivity contribution >= 4 is 11.6 Å². The second-order valence-corrected chi connectivity index (χ2v) is 5.90. The molecule has 161 valence electrons. The lowest BCUT2D eigenvalue weighted by Crippen LogP contribution is -2.20. The van der Waals surface area contributed by atoms with Crippen molar-refractivity contribution in [2.45, 2.75) is 6.18 Å². The largest absolute Gasteiger partial charge is 0.493 e. The molecule has 11 heteroatoms. The first-order valence-corrected chi connectivity index (χ1v) is 8.55. The fourth-order valence-corrected chi connectivity index (χ4v) is 2.56. The Morgan fingerprint density at radius 2 is 1.87 bits per heavy atom. The summed E-state index contributed by atoms with van der Waals surface area (Å²) in [5, 5.41) is 8.95. The summed E-state index contributed by atoms with van der Waals surface area (Å²) >= 11 is 0. The highest BCUT2D eigenvalue weighted by molar-refractivity contribution is 6.08. The van der Waals surface area contributed by atoms with Crippen LogP contribution in [-0.2, 0) is 6.18 Å². The summed E-state index contributed by atoms with van der Waals surface area (Å²) in [4.78, 5) is 12.9. The van der Waals surface area contributed by atoms with Crippen LogP contribution in [0.3, 0.4) is 0 Å². The minimum Gasteiger partial charge on any atom is -0.493 e. The zero-order valence-corrected chi connectivity index (χ0v) is 16.1. The molecule has 1 heterocycles. The molecule has 0 aliphatic heterocycles. The lowest BCUT2D eigenvalue weighted by atomic mass is 10.2. The number of anilines is 1. The smallest absolute Gasteiger partial charge is 0.438 e. The van der Waals surface area contributed by atoms with Crippen LogP contribution in [0, 0.1) is 11.9 Å². The molecule has 7 nitrogen and oxygen atoms in total. The first kappa shape index (κ1) is 21.8. The molecule has 0 fully saturated rings. The molecule has 0 aliphatic rings. The van der Waals surface area contributed by atoms with E-state index in [0.717, 1.165) is 25.3 Å². The monoisotopic (exact) mass is 436 g/mol. The van der Waals surface area contributed by atoms with E-state index < -0.39 is 40.8 Å². The van der Waals surface area contributed by atoms with E-state index in [1.807, 2.05) is 0 Å². The van der Waals surface area contributed by atoms with Gasteiger partial charge in [-0.15, -0.1) is 10.2 Å². The summed E-state index contributed by atoms with van der Waals surface area (Å²) in [6.45, 7) is 0. The van der Waals surface area contributed by atoms with Gasteiger partial charge in [0, 0.05) is 11.8 Å². The van der Waals surface area contributed by atoms with E-state index in [1.165, 1.54) is 19.2 Å². The van der Waals surface area contributed by atoms with Crippen molar-refractivity contribution in [2.75, 3.05) is 19.5 Å². The summed E-state index contributed by atoms with van der Waals surface area (Å²) in [6.07, 6.45) is -4.96. The number of ether oxygens (including phenoxy) is 3. The number of amides is 1. The van der Waals surface area contributed by atoms with Crippen LogP contribution in [0.25, 0.3) is 0 Å². The molecule has 1 N–H and O–H groups in total. The van der Waals surface area contributed by atoms with E-state index in [0.29, 0.717) is 0 Å². The average molecular weight is 436 g/mol. The van der Waals surface area contributed by atoms with Gasteiger partial charge >= 0.3 is 6.18 Å². The third-order valence-corrected chi connectivity index (χ3v) is 3.89. The van der Waals surface area contributed by atoms with Gasteiger partial charge in [0.05, 0.1) is 14.2 Å². The zero-order valence-electron chi connectivity index (χ0n) is 16.1. The summed E-state index contributed by atoms with van der Waals surface area (Å²) in [7, 11) is 2.18. The first-order valence-electron chi connectivity index (χ1n) is 8.55. The fourth-order valence-electron chi connectivity index (χ4n) is 2.56. The van der Waals surface area contributed by atoms with Crippen molar-refractivity contribution in [3.8, 4) is 23.1 Å². The van der Waals surface area contributed by atoms with Gasteiger partial charge in [0.2, 0.25) is 5.69 Å². The lowest BCUT2D eigenvalue weighted by Gasteiger charge is -2.17. The van der Waals surface area contributed by atoms with Crippen LogP contribution in [0.2, 0.25) is 0 Å². The third-order valence-electron chi connectivity index (χ3n) is 3.89. The summed E-state index contributed by atoms with van der Waals surface area (Å²) < 4.78 is 69.0. The minimum atomic E-state index is -4.96. The maximum Gasteiger partial charge on any atom is 0.438 e. The number of halogens is 4. The molecule has 1 radical (unpaired) electrons. The van der Waals surface area contributed by atoms with Crippen molar-refractivity contribution < 1.29 is 36.6 Å². The Kier molecular flexibility index (Phi) is 6.23. The fraction of sp³-hybridized carbons (Fsp3) is 0.150. The van der Waals surface area contributed by atoms with Crippen molar-refractivity contribution in [1.29, 1.82) is 0 Å². The molecule has 0 spiro atoms. The predicted octanol–water partition coefficient (Wildman–Crippen LogP) is 4.50. The summed E-state index contributed by atoms with van der Waals surface area (Å²) in [5.41, 5.74) is -1.93. The zero-order chi connectivity index (χ0) is 22.6. The van der Waals surface area contributed by atoms with Crippen LogP contribution < -0.4 is 19.5 Å². The molecule has 2 aromatic carbocycles. The van der Waals surface area contributed by atoms with Crippen molar-refractivity contribution in [2.24, 2.45) is 0 Å². The molecule has 0 atom stereocenters. The number of hydrogen-bond acceptors (Lipinski definition) is 6. The predicted molar refractivity (Wildman–Crippen MR) is 99.8 cm³/mol. The van der Waals surface area contributed by atoms with Crippen LogP contribution in [-0.4, -0.2) is 30.3 Å². The normalized spacial score (nSPS) is 11.0. The SMILES string of the molecule is COc1cc(F)ccc1Oc1nnc(C(F)(F)F)c(OC)c1C(=O)Nc1c[c]ccc1. The number of nitrogens with one attached hydrogen (secondary N) is 1. The lowest BCUT2D eigenvalue weighted by molar-refractivity contribution is -0.143. The van der Waals surface area contributed by atoms with E-state index in [2.05, 4.69) is 21.6 Å². The van der Waals surface area contributed by atoms with Gasteiger partial charge in [-0.1, -0.05) is 12.1 Å². The molecule has 0 unspecified atom stereocenters. The molecule has 0 bridgehead atoms. The number of methoxy groups -OCH3 is 2. The molecule has 3 aromatic rings. The molecule has 31 heavy (non-hydrogen) atoms. The Morgan fingerprint density at radius 1 is 1.10 bits per heavy atom. The van der Waals surface area contributed by atoms with E-state index in [1.54, 1.807) is 12.1 Å². The van der Waals surface area contributed by atoms with Crippen LogP contribution in [0.4, 0.5) is 23.2 Å². The van der Waals surface area contributed by atoms with Gasteiger partial charge in [-0.2, -0.15) is 13.2 Å². The van der Waals surface area contributed by atoms with Crippen molar-refractivity contribution in [1.82, 2.24) is 10.2 Å². The number of carbonyl (C=O) groups is 1. The quantitative estimate of drug-likeness (QED) is 0.573. The highest BCUT2D eigenvalue weighted by Crippen LogP contribution is 2.41. The van der Waals surface area contributed by atoms with Gasteiger partial charge in [0.15, 0.2) is 17.2 Å². The van der Waals surface area contributed by atoms with Crippen LogP contribution in [0.15, 0.2) is 42.5 Å². The van der Waals surface area contributed by atoms with Crippen LogP contribution >= 0.6 is 0 Å². The number of alkyl halides is 3. The van der Waals surface area contributed by atoms with Gasteiger partial charge < -0.3 is 19.5 Å². The number of benzene rings is 2. The second kappa shape index (κ2) is 8.86.